The summed E-state index contributed by atoms with van der Waals surface area (Å²) in [5, 5.41) is 0. The molecule has 1 saturated heterocycles. The van der Waals surface area contributed by atoms with E-state index in [-0.39, 0.29) is 11.8 Å². The fraction of sp³-hybridized carbons (Fsp3) is 0.579. The van der Waals surface area contributed by atoms with Crippen molar-refractivity contribution in [3.05, 3.63) is 74.8 Å². The predicted molar refractivity (Wildman–Crippen MR) is 174 cm³/mol. The highest BCUT2D eigenvalue weighted by molar-refractivity contribution is 6.00. The minimum absolute atomic E-state index is 0.182. The second-order valence-corrected chi connectivity index (χ2v) is 14.4. The van der Waals surface area contributed by atoms with Crippen molar-refractivity contribution in [1.29, 1.82) is 0 Å². The van der Waals surface area contributed by atoms with Gasteiger partial charge >= 0.3 is 0 Å². The van der Waals surface area contributed by atoms with Crippen molar-refractivity contribution in [1.82, 2.24) is 9.80 Å². The van der Waals surface area contributed by atoms with Crippen molar-refractivity contribution < 1.29 is 9.59 Å². The Morgan fingerprint density at radius 2 is 1.33 bits per heavy atom. The van der Waals surface area contributed by atoms with Crippen LogP contribution in [0.5, 0.6) is 0 Å². The number of allylic oxidation sites excluding steroid dienone is 1. The second-order valence-electron chi connectivity index (χ2n) is 14.4. The number of rotatable bonds is 4. The van der Waals surface area contributed by atoms with E-state index in [1.54, 1.807) is 0 Å². The molecule has 2 aromatic carbocycles. The van der Waals surface area contributed by atoms with Crippen molar-refractivity contribution in [3.8, 4) is 0 Å². The van der Waals surface area contributed by atoms with Crippen LogP contribution < -0.4 is 0 Å². The molecule has 42 heavy (non-hydrogen) atoms. The first-order valence-electron chi connectivity index (χ1n) is 16.4. The van der Waals surface area contributed by atoms with Gasteiger partial charge < -0.3 is 4.90 Å². The Bertz CT molecular complexity index is 1380. The van der Waals surface area contributed by atoms with Crippen molar-refractivity contribution in [2.45, 2.75) is 93.5 Å². The van der Waals surface area contributed by atoms with Gasteiger partial charge in [0.05, 0.1) is 0 Å². The van der Waals surface area contributed by atoms with E-state index >= 15 is 0 Å². The van der Waals surface area contributed by atoms with E-state index in [1.165, 1.54) is 44.5 Å². The standard InChI is InChI=1S/C19H27NO.C19H25NO/c2*1-12(2)7-16-11-20-6-5-15-8-13(3)14(4)9-17(15)18(20)10-19(16)21/h8-9,12,16,18H,5-7,10-11H2,1-4H3;8-10,12,16H,5-7,11H2,1-4H3. The maximum absolute atomic E-state index is 12.5. The number of Topliss-reactive ketones (excluding diaryl/α,β-unsaturated/α-hetero) is 1. The Morgan fingerprint density at radius 3 is 2.02 bits per heavy atom. The van der Waals surface area contributed by atoms with Gasteiger partial charge in [-0.15, -0.1) is 0 Å². The zero-order valence-electron chi connectivity index (χ0n) is 27.3. The molecule has 0 aromatic heterocycles. The summed E-state index contributed by atoms with van der Waals surface area (Å²) in [4.78, 5) is 29.9. The van der Waals surface area contributed by atoms with Gasteiger partial charge in [-0.1, -0.05) is 45.9 Å². The average molecular weight is 569 g/mol. The second kappa shape index (κ2) is 12.5. The van der Waals surface area contributed by atoms with E-state index in [2.05, 4.69) is 89.5 Å². The molecule has 4 heteroatoms. The van der Waals surface area contributed by atoms with Crippen LogP contribution in [0.3, 0.4) is 0 Å². The molecule has 3 atom stereocenters. The molecule has 4 aliphatic rings. The van der Waals surface area contributed by atoms with Crippen LogP contribution in [-0.2, 0) is 22.4 Å². The molecule has 2 aromatic rings. The molecule has 3 unspecified atom stereocenters. The first-order valence-corrected chi connectivity index (χ1v) is 16.4. The van der Waals surface area contributed by atoms with Gasteiger partial charge in [-0.05, 0) is 110 Å². The maximum atomic E-state index is 12.5. The molecule has 0 N–H and O–H groups in total. The van der Waals surface area contributed by atoms with Crippen molar-refractivity contribution in [2.24, 2.45) is 23.7 Å². The van der Waals surface area contributed by atoms with Gasteiger partial charge in [0.25, 0.3) is 0 Å². The summed E-state index contributed by atoms with van der Waals surface area (Å²) in [5.41, 5.74) is 12.1. The van der Waals surface area contributed by atoms with Gasteiger partial charge in [0.1, 0.15) is 5.78 Å². The van der Waals surface area contributed by atoms with Gasteiger partial charge in [-0.3, -0.25) is 14.5 Å². The summed E-state index contributed by atoms with van der Waals surface area (Å²) in [7, 11) is 0. The third-order valence-electron chi connectivity index (χ3n) is 10.1. The van der Waals surface area contributed by atoms with Crippen LogP contribution in [0.4, 0.5) is 0 Å². The van der Waals surface area contributed by atoms with Crippen molar-refractivity contribution >= 4 is 17.3 Å². The summed E-state index contributed by atoms with van der Waals surface area (Å²) in [5.74, 6) is 2.43. The van der Waals surface area contributed by atoms with Crippen LogP contribution >= 0.6 is 0 Å². The highest BCUT2D eigenvalue weighted by Gasteiger charge is 2.38. The van der Waals surface area contributed by atoms with Crippen LogP contribution in [-0.4, -0.2) is 47.5 Å². The highest BCUT2D eigenvalue weighted by atomic mass is 16.1. The lowest BCUT2D eigenvalue weighted by atomic mass is 9.79. The number of carbonyl (C=O) groups is 2. The number of fused-ring (bicyclic) bond motifs is 6. The summed E-state index contributed by atoms with van der Waals surface area (Å²) >= 11 is 0. The number of hydrogen-bond acceptors (Lipinski definition) is 4. The molecule has 1 fully saturated rings. The van der Waals surface area contributed by atoms with Gasteiger partial charge in [0.2, 0.25) is 0 Å². The molecule has 0 saturated carbocycles. The summed E-state index contributed by atoms with van der Waals surface area (Å²) in [6, 6.07) is 9.57. The zero-order chi connectivity index (χ0) is 30.3. The van der Waals surface area contributed by atoms with E-state index in [1.807, 2.05) is 6.08 Å². The highest BCUT2D eigenvalue weighted by Crippen LogP contribution is 2.39. The Labute approximate surface area is 254 Å². The maximum Gasteiger partial charge on any atom is 0.162 e. The number of benzene rings is 2. The van der Waals surface area contributed by atoms with Crippen LogP contribution in [0.15, 0.2) is 30.3 Å². The van der Waals surface area contributed by atoms with Crippen LogP contribution in [0, 0.1) is 51.4 Å². The van der Waals surface area contributed by atoms with E-state index < -0.39 is 0 Å². The molecule has 0 radical (unpaired) electrons. The van der Waals surface area contributed by atoms with Crippen LogP contribution in [0.2, 0.25) is 0 Å². The summed E-state index contributed by atoms with van der Waals surface area (Å²) < 4.78 is 0. The third kappa shape index (κ3) is 6.44. The molecule has 226 valence electrons. The van der Waals surface area contributed by atoms with E-state index in [9.17, 15) is 9.59 Å². The minimum atomic E-state index is 0.182. The van der Waals surface area contributed by atoms with Crippen LogP contribution in [0.25, 0.3) is 5.70 Å². The number of piperidine rings is 1. The third-order valence-corrected chi connectivity index (χ3v) is 10.1. The lowest BCUT2D eigenvalue weighted by molar-refractivity contribution is -0.129. The Balaban J connectivity index is 0.000000168. The first-order chi connectivity index (χ1) is 19.9. The lowest BCUT2D eigenvalue weighted by Crippen LogP contribution is -2.46. The molecule has 0 amide bonds. The van der Waals surface area contributed by atoms with Crippen molar-refractivity contribution in [3.63, 3.8) is 0 Å². The molecule has 4 heterocycles. The number of aryl methyl sites for hydroxylation is 4. The fourth-order valence-corrected chi connectivity index (χ4v) is 7.61. The fourth-order valence-electron chi connectivity index (χ4n) is 7.61. The van der Waals surface area contributed by atoms with E-state index in [0.717, 1.165) is 57.6 Å². The van der Waals surface area contributed by atoms with E-state index in [0.29, 0.717) is 35.9 Å². The predicted octanol–water partition coefficient (Wildman–Crippen LogP) is 7.59. The summed E-state index contributed by atoms with van der Waals surface area (Å²) in [6.45, 7) is 21.5. The quantitative estimate of drug-likeness (QED) is 0.381. The smallest absolute Gasteiger partial charge is 0.162 e. The van der Waals surface area contributed by atoms with Gasteiger partial charge in [0, 0.05) is 67.8 Å². The largest absolute Gasteiger partial charge is 0.370 e. The van der Waals surface area contributed by atoms with Crippen molar-refractivity contribution in [2.75, 3.05) is 26.2 Å². The minimum Gasteiger partial charge on any atom is -0.370 e. The number of hydrogen-bond donors (Lipinski definition) is 0. The molecular weight excluding hydrogens is 516 g/mol. The molecule has 4 nitrogen and oxygen atoms in total. The van der Waals surface area contributed by atoms with Crippen LogP contribution in [0.1, 0.15) is 97.5 Å². The SMILES string of the molecule is Cc1cc2c(cc1C)C1=CC(=O)C(CC(C)C)CN1CC2.Cc1cc2c(cc1C)C1CC(=O)C(CC(C)C)CN1CC2. The van der Waals surface area contributed by atoms with E-state index in [4.69, 9.17) is 0 Å². The molecule has 4 aliphatic heterocycles. The van der Waals surface area contributed by atoms with Gasteiger partial charge in [-0.25, -0.2) is 0 Å². The zero-order valence-corrected chi connectivity index (χ0v) is 27.3. The number of nitrogens with zero attached hydrogens (tertiary/aromatic N) is 2. The lowest BCUT2D eigenvalue weighted by Gasteiger charge is -2.43. The number of ketones is 2. The average Bonchev–Trinajstić information content (AvgIpc) is 2.91. The monoisotopic (exact) mass is 568 g/mol. The molecular formula is C38H52N2O2. The Hall–Kier alpha value is -2.72. The summed E-state index contributed by atoms with van der Waals surface area (Å²) in [6.07, 6.45) is 6.89. The van der Waals surface area contributed by atoms with Gasteiger partial charge in [-0.2, -0.15) is 0 Å². The molecule has 0 bridgehead atoms. The molecule has 0 spiro atoms. The molecule has 6 rings (SSSR count). The number of carbonyl (C=O) groups excluding carboxylic acids is 2. The van der Waals surface area contributed by atoms with Gasteiger partial charge in [0.15, 0.2) is 5.78 Å². The topological polar surface area (TPSA) is 40.6 Å². The first kappa shape index (κ1) is 30.7. The molecule has 0 aliphatic carbocycles. The Kier molecular flexibility index (Phi) is 9.13. The normalized spacial score (nSPS) is 23.5. The Morgan fingerprint density at radius 1 is 0.738 bits per heavy atom.